The summed E-state index contributed by atoms with van der Waals surface area (Å²) in [7, 11) is 1.70. The highest BCUT2D eigenvalue weighted by molar-refractivity contribution is 7.98. The monoisotopic (exact) mass is 190 g/mol. The van der Waals surface area contributed by atoms with Gasteiger partial charge in [-0.2, -0.15) is 11.8 Å². The maximum absolute atomic E-state index is 5.18. The Bertz CT molecular complexity index is 127. The highest BCUT2D eigenvalue weighted by Crippen LogP contribution is 1.97. The van der Waals surface area contributed by atoms with E-state index in [1.54, 1.807) is 7.05 Å². The Labute approximate surface area is 78.4 Å². The number of nitrogens with two attached hydrogens (primary N) is 1. The van der Waals surface area contributed by atoms with Crippen molar-refractivity contribution in [2.75, 3.05) is 25.6 Å². The zero-order valence-electron chi connectivity index (χ0n) is 7.76. The van der Waals surface area contributed by atoms with E-state index in [1.807, 2.05) is 11.8 Å². The minimum absolute atomic E-state index is 0.652. The summed E-state index contributed by atoms with van der Waals surface area (Å²) in [5, 5.41) is 3.08. The van der Waals surface area contributed by atoms with Gasteiger partial charge in [0.05, 0.1) is 0 Å². The molecule has 5 heteroatoms. The molecule has 0 aliphatic heterocycles. The van der Waals surface area contributed by atoms with E-state index in [4.69, 9.17) is 5.84 Å². The van der Waals surface area contributed by atoms with E-state index in [9.17, 15) is 0 Å². The average molecular weight is 190 g/mol. The summed E-state index contributed by atoms with van der Waals surface area (Å²) < 4.78 is 0. The molecule has 0 spiro atoms. The molecule has 0 saturated heterocycles. The fourth-order valence-electron chi connectivity index (χ4n) is 0.773. The Morgan fingerprint density at radius 1 is 1.50 bits per heavy atom. The van der Waals surface area contributed by atoms with Gasteiger partial charge in [0, 0.05) is 13.6 Å². The Morgan fingerprint density at radius 3 is 2.75 bits per heavy atom. The standard InChI is InChI=1S/C7H18N4S/c1-9-7(11-8)10-5-3-4-6-12-2/h3-6,8H2,1-2H3,(H2,9,10,11). The number of thioether (sulfide) groups is 1. The van der Waals surface area contributed by atoms with Gasteiger partial charge < -0.3 is 5.32 Å². The van der Waals surface area contributed by atoms with Crippen LogP contribution in [0.3, 0.4) is 0 Å². The van der Waals surface area contributed by atoms with Crippen molar-refractivity contribution >= 4 is 17.7 Å². The van der Waals surface area contributed by atoms with Crippen molar-refractivity contribution in [3.63, 3.8) is 0 Å². The predicted octanol–water partition coefficient (Wildman–Crippen LogP) is 0.168. The Kier molecular flexibility index (Phi) is 8.37. The number of guanidine groups is 1. The lowest BCUT2D eigenvalue weighted by molar-refractivity contribution is 0.740. The second-order valence-electron chi connectivity index (χ2n) is 2.34. The summed E-state index contributed by atoms with van der Waals surface area (Å²) in [6.07, 6.45) is 4.51. The molecule has 0 amide bonds. The van der Waals surface area contributed by atoms with Gasteiger partial charge in [0.15, 0.2) is 0 Å². The Hall–Kier alpha value is -0.420. The van der Waals surface area contributed by atoms with Crippen LogP contribution in [0.25, 0.3) is 0 Å². The number of hydrogen-bond donors (Lipinski definition) is 3. The summed E-state index contributed by atoms with van der Waals surface area (Å²) in [5.74, 6) is 7.05. The van der Waals surface area contributed by atoms with E-state index < -0.39 is 0 Å². The van der Waals surface area contributed by atoms with Crippen LogP contribution in [0.4, 0.5) is 0 Å². The molecule has 0 saturated carbocycles. The molecule has 0 fully saturated rings. The van der Waals surface area contributed by atoms with Gasteiger partial charge >= 0.3 is 0 Å². The number of hydrogen-bond acceptors (Lipinski definition) is 3. The number of nitrogens with zero attached hydrogens (tertiary/aromatic N) is 1. The summed E-state index contributed by atoms with van der Waals surface area (Å²) >= 11 is 1.87. The smallest absolute Gasteiger partial charge is 0.205 e. The molecule has 0 radical (unpaired) electrons. The minimum atomic E-state index is 0.652. The van der Waals surface area contributed by atoms with Crippen LogP contribution in [0, 0.1) is 0 Å². The molecular weight excluding hydrogens is 172 g/mol. The first kappa shape index (κ1) is 11.6. The van der Waals surface area contributed by atoms with Crippen LogP contribution in [0.15, 0.2) is 4.99 Å². The maximum Gasteiger partial charge on any atom is 0.205 e. The molecule has 4 N–H and O–H groups in total. The quantitative estimate of drug-likeness (QED) is 0.190. The molecule has 72 valence electrons. The van der Waals surface area contributed by atoms with Gasteiger partial charge in [0.2, 0.25) is 5.96 Å². The van der Waals surface area contributed by atoms with E-state index >= 15 is 0 Å². The third-order valence-corrected chi connectivity index (χ3v) is 2.12. The minimum Gasteiger partial charge on any atom is -0.355 e. The summed E-state index contributed by atoms with van der Waals surface area (Å²) in [5.41, 5.74) is 2.48. The normalized spacial score (nSPS) is 11.4. The topological polar surface area (TPSA) is 62.4 Å². The maximum atomic E-state index is 5.18. The second-order valence-corrected chi connectivity index (χ2v) is 3.33. The fourth-order valence-corrected chi connectivity index (χ4v) is 1.27. The molecular formula is C7H18N4S. The zero-order valence-corrected chi connectivity index (χ0v) is 8.58. The van der Waals surface area contributed by atoms with E-state index in [-0.39, 0.29) is 0 Å². The van der Waals surface area contributed by atoms with Crippen LogP contribution in [-0.2, 0) is 0 Å². The lowest BCUT2D eigenvalue weighted by Gasteiger charge is -2.06. The highest BCUT2D eigenvalue weighted by Gasteiger charge is 1.91. The number of rotatable bonds is 5. The molecule has 0 aliphatic carbocycles. The van der Waals surface area contributed by atoms with Gasteiger partial charge in [-0.25, -0.2) is 5.84 Å². The van der Waals surface area contributed by atoms with Crippen molar-refractivity contribution < 1.29 is 0 Å². The van der Waals surface area contributed by atoms with Crippen molar-refractivity contribution in [3.05, 3.63) is 0 Å². The molecule has 0 unspecified atom stereocenters. The first-order chi connectivity index (χ1) is 5.85. The predicted molar refractivity (Wildman–Crippen MR) is 56.3 cm³/mol. The van der Waals surface area contributed by atoms with Gasteiger partial charge in [-0.1, -0.05) is 0 Å². The van der Waals surface area contributed by atoms with E-state index in [0.29, 0.717) is 5.96 Å². The van der Waals surface area contributed by atoms with Crippen molar-refractivity contribution in [1.29, 1.82) is 0 Å². The van der Waals surface area contributed by atoms with Gasteiger partial charge in [0.1, 0.15) is 0 Å². The molecule has 0 rings (SSSR count). The second kappa shape index (κ2) is 8.67. The van der Waals surface area contributed by atoms with Crippen LogP contribution in [0.1, 0.15) is 12.8 Å². The molecule has 0 aliphatic rings. The molecule has 12 heavy (non-hydrogen) atoms. The van der Waals surface area contributed by atoms with Crippen molar-refractivity contribution in [2.24, 2.45) is 10.8 Å². The Balaban J connectivity index is 3.18. The molecule has 4 nitrogen and oxygen atoms in total. The van der Waals surface area contributed by atoms with Crippen LogP contribution in [-0.4, -0.2) is 31.6 Å². The van der Waals surface area contributed by atoms with Gasteiger partial charge in [-0.15, -0.1) is 0 Å². The fraction of sp³-hybridized carbons (Fsp3) is 0.857. The zero-order chi connectivity index (χ0) is 9.23. The SMILES string of the molecule is CN=C(NN)NCCCCSC. The van der Waals surface area contributed by atoms with E-state index in [1.165, 1.54) is 12.2 Å². The first-order valence-corrected chi connectivity index (χ1v) is 5.40. The van der Waals surface area contributed by atoms with Crippen molar-refractivity contribution in [2.45, 2.75) is 12.8 Å². The molecule has 0 atom stereocenters. The number of unbranched alkanes of at least 4 members (excludes halogenated alkanes) is 1. The summed E-state index contributed by atoms with van der Waals surface area (Å²) in [6, 6.07) is 0. The highest BCUT2D eigenvalue weighted by atomic mass is 32.2. The van der Waals surface area contributed by atoms with Crippen LogP contribution in [0.2, 0.25) is 0 Å². The summed E-state index contributed by atoms with van der Waals surface area (Å²) in [4.78, 5) is 3.89. The molecule has 0 aromatic carbocycles. The van der Waals surface area contributed by atoms with Gasteiger partial charge in [0.25, 0.3) is 0 Å². The van der Waals surface area contributed by atoms with Crippen LogP contribution in [0.5, 0.6) is 0 Å². The lowest BCUT2D eigenvalue weighted by Crippen LogP contribution is -2.41. The van der Waals surface area contributed by atoms with Crippen LogP contribution >= 0.6 is 11.8 Å². The number of aliphatic imine (C=N–C) groups is 1. The first-order valence-electron chi connectivity index (χ1n) is 4.01. The number of hydrazine groups is 1. The third-order valence-electron chi connectivity index (χ3n) is 1.43. The Morgan fingerprint density at radius 2 is 2.25 bits per heavy atom. The molecule has 0 bridgehead atoms. The molecule has 0 aromatic rings. The summed E-state index contributed by atoms with van der Waals surface area (Å²) in [6.45, 7) is 0.928. The van der Waals surface area contributed by atoms with Gasteiger partial charge in [-0.3, -0.25) is 10.4 Å². The van der Waals surface area contributed by atoms with Gasteiger partial charge in [-0.05, 0) is 24.9 Å². The average Bonchev–Trinajstić information content (AvgIpc) is 2.11. The van der Waals surface area contributed by atoms with Crippen molar-refractivity contribution in [3.8, 4) is 0 Å². The lowest BCUT2D eigenvalue weighted by atomic mass is 10.3. The van der Waals surface area contributed by atoms with E-state index in [0.717, 1.165) is 13.0 Å². The number of nitrogens with one attached hydrogen (secondary N) is 2. The van der Waals surface area contributed by atoms with Crippen molar-refractivity contribution in [1.82, 2.24) is 10.7 Å². The largest absolute Gasteiger partial charge is 0.355 e. The third kappa shape index (κ3) is 6.30. The van der Waals surface area contributed by atoms with Crippen LogP contribution < -0.4 is 16.6 Å². The molecule has 0 aromatic heterocycles. The van der Waals surface area contributed by atoms with E-state index in [2.05, 4.69) is 22.0 Å². The molecule has 0 heterocycles.